The highest BCUT2D eigenvalue weighted by molar-refractivity contribution is 6.14. The fourth-order valence-electron chi connectivity index (χ4n) is 2.33. The zero-order valence-corrected chi connectivity index (χ0v) is 9.47. The molecule has 0 aromatic carbocycles. The Labute approximate surface area is 90.2 Å². The first-order valence-electron chi connectivity index (χ1n) is 5.59. The molecule has 0 radical (unpaired) electrons. The van der Waals surface area contributed by atoms with E-state index >= 15 is 0 Å². The molecule has 0 bridgehead atoms. The topological polar surface area (TPSA) is 51.2 Å². The van der Waals surface area contributed by atoms with E-state index < -0.39 is 5.41 Å². The maximum absolute atomic E-state index is 11.8. The van der Waals surface area contributed by atoms with E-state index in [0.717, 1.165) is 12.8 Å². The minimum atomic E-state index is -0.943. The largest absolute Gasteiger partial charge is 0.300 e. The van der Waals surface area contributed by atoms with Crippen LogP contribution in [0.15, 0.2) is 0 Å². The van der Waals surface area contributed by atoms with E-state index in [-0.39, 0.29) is 23.8 Å². The summed E-state index contributed by atoms with van der Waals surface area (Å²) in [6, 6.07) is 0. The van der Waals surface area contributed by atoms with Crippen LogP contribution in [0.3, 0.4) is 0 Å². The number of unbranched alkanes of at least 4 members (excludes halogenated alkanes) is 1. The van der Waals surface area contributed by atoms with Crippen LogP contribution in [-0.4, -0.2) is 17.3 Å². The van der Waals surface area contributed by atoms with Crippen molar-refractivity contribution < 1.29 is 14.4 Å². The normalized spacial score (nSPS) is 19.6. The Morgan fingerprint density at radius 2 is 1.80 bits per heavy atom. The molecule has 15 heavy (non-hydrogen) atoms. The molecule has 0 spiro atoms. The molecule has 0 heterocycles. The second kappa shape index (κ2) is 4.69. The van der Waals surface area contributed by atoms with Gasteiger partial charge < -0.3 is 0 Å². The van der Waals surface area contributed by atoms with Gasteiger partial charge in [-0.05, 0) is 13.3 Å². The number of hydrogen-bond donors (Lipinski definition) is 0. The summed E-state index contributed by atoms with van der Waals surface area (Å²) in [5.74, 6) is -0.0954. The number of carbonyl (C=O) groups is 3. The highest BCUT2D eigenvalue weighted by Crippen LogP contribution is 2.39. The van der Waals surface area contributed by atoms with Crippen molar-refractivity contribution in [1.82, 2.24) is 0 Å². The van der Waals surface area contributed by atoms with Crippen LogP contribution in [0.25, 0.3) is 0 Å². The summed E-state index contributed by atoms with van der Waals surface area (Å²) in [7, 11) is 0. The minimum absolute atomic E-state index is 0.0175. The van der Waals surface area contributed by atoms with E-state index in [1.165, 1.54) is 6.92 Å². The van der Waals surface area contributed by atoms with Gasteiger partial charge in [0.05, 0.1) is 5.41 Å². The lowest BCUT2D eigenvalue weighted by Crippen LogP contribution is -2.34. The summed E-state index contributed by atoms with van der Waals surface area (Å²) >= 11 is 0. The molecule has 0 saturated heterocycles. The molecule has 1 aliphatic carbocycles. The quantitative estimate of drug-likeness (QED) is 0.653. The number of hydrogen-bond acceptors (Lipinski definition) is 3. The lowest BCUT2D eigenvalue weighted by Gasteiger charge is -2.24. The Kier molecular flexibility index (Phi) is 3.77. The molecule has 1 fully saturated rings. The van der Waals surface area contributed by atoms with Crippen LogP contribution in [0, 0.1) is 5.41 Å². The van der Waals surface area contributed by atoms with Crippen molar-refractivity contribution in [3.63, 3.8) is 0 Å². The summed E-state index contributed by atoms with van der Waals surface area (Å²) < 4.78 is 0. The zero-order chi connectivity index (χ0) is 11.5. The molecule has 0 aromatic rings. The maximum atomic E-state index is 11.8. The van der Waals surface area contributed by atoms with Gasteiger partial charge in [-0.3, -0.25) is 14.4 Å². The molecule has 0 atom stereocenters. The second-order valence-corrected chi connectivity index (χ2v) is 4.41. The molecule has 0 N–H and O–H groups in total. The first-order chi connectivity index (χ1) is 7.03. The highest BCUT2D eigenvalue weighted by Gasteiger charge is 2.49. The molecule has 3 heteroatoms. The third-order valence-corrected chi connectivity index (χ3v) is 3.15. The van der Waals surface area contributed by atoms with Gasteiger partial charge in [0.1, 0.15) is 17.3 Å². The Morgan fingerprint density at radius 1 is 1.27 bits per heavy atom. The molecule has 0 aliphatic heterocycles. The predicted molar refractivity (Wildman–Crippen MR) is 56.5 cm³/mol. The fraction of sp³-hybridized carbons (Fsp3) is 0.750. The third-order valence-electron chi connectivity index (χ3n) is 3.15. The van der Waals surface area contributed by atoms with Crippen LogP contribution in [0.5, 0.6) is 0 Å². The molecule has 0 aromatic heterocycles. The Bertz CT molecular complexity index is 275. The zero-order valence-electron chi connectivity index (χ0n) is 9.47. The fourth-order valence-corrected chi connectivity index (χ4v) is 2.33. The van der Waals surface area contributed by atoms with Crippen LogP contribution in [0.1, 0.15) is 52.4 Å². The summed E-state index contributed by atoms with van der Waals surface area (Å²) in [6.07, 6.45) is 3.11. The molecule has 3 nitrogen and oxygen atoms in total. The number of carbonyl (C=O) groups excluding carboxylic acids is 3. The van der Waals surface area contributed by atoms with Gasteiger partial charge in [0.2, 0.25) is 0 Å². The van der Waals surface area contributed by atoms with Gasteiger partial charge in [-0.25, -0.2) is 0 Å². The van der Waals surface area contributed by atoms with E-state index in [2.05, 4.69) is 0 Å². The van der Waals surface area contributed by atoms with Gasteiger partial charge in [0.25, 0.3) is 0 Å². The van der Waals surface area contributed by atoms with Gasteiger partial charge in [-0.1, -0.05) is 19.8 Å². The number of rotatable bonds is 5. The summed E-state index contributed by atoms with van der Waals surface area (Å²) in [4.78, 5) is 34.7. The summed E-state index contributed by atoms with van der Waals surface area (Å²) in [5.41, 5.74) is -0.943. The van der Waals surface area contributed by atoms with Crippen molar-refractivity contribution >= 4 is 17.3 Å². The Morgan fingerprint density at radius 3 is 2.20 bits per heavy atom. The van der Waals surface area contributed by atoms with Gasteiger partial charge in [0.15, 0.2) is 0 Å². The van der Waals surface area contributed by atoms with Crippen LogP contribution in [0.4, 0.5) is 0 Å². The van der Waals surface area contributed by atoms with Gasteiger partial charge in [0, 0.05) is 19.3 Å². The smallest absolute Gasteiger partial charge is 0.147 e. The van der Waals surface area contributed by atoms with Gasteiger partial charge >= 0.3 is 0 Å². The molecule has 0 amide bonds. The van der Waals surface area contributed by atoms with E-state index in [4.69, 9.17) is 0 Å². The molecule has 1 saturated carbocycles. The number of Topliss-reactive ketones (excluding diaryl/α,β-unsaturated/α-hetero) is 3. The average molecular weight is 210 g/mol. The van der Waals surface area contributed by atoms with Crippen molar-refractivity contribution in [3.8, 4) is 0 Å². The van der Waals surface area contributed by atoms with Crippen molar-refractivity contribution in [3.05, 3.63) is 0 Å². The van der Waals surface area contributed by atoms with Gasteiger partial charge in [-0.15, -0.1) is 0 Å². The van der Waals surface area contributed by atoms with Crippen molar-refractivity contribution in [2.24, 2.45) is 5.41 Å². The van der Waals surface area contributed by atoms with Crippen LogP contribution >= 0.6 is 0 Å². The van der Waals surface area contributed by atoms with E-state index in [0.29, 0.717) is 19.3 Å². The molecule has 84 valence electrons. The van der Waals surface area contributed by atoms with Crippen molar-refractivity contribution in [2.45, 2.75) is 52.4 Å². The minimum Gasteiger partial charge on any atom is -0.300 e. The van der Waals surface area contributed by atoms with Crippen molar-refractivity contribution in [1.29, 1.82) is 0 Å². The lowest BCUT2D eigenvalue weighted by atomic mass is 9.75. The average Bonchev–Trinajstić information content (AvgIpc) is 2.43. The molecule has 1 aliphatic rings. The monoisotopic (exact) mass is 210 g/mol. The molecule has 0 unspecified atom stereocenters. The van der Waals surface area contributed by atoms with E-state index in [1.54, 1.807) is 0 Å². The van der Waals surface area contributed by atoms with Crippen LogP contribution in [-0.2, 0) is 14.4 Å². The van der Waals surface area contributed by atoms with Crippen LogP contribution < -0.4 is 0 Å². The maximum Gasteiger partial charge on any atom is 0.147 e. The van der Waals surface area contributed by atoms with E-state index in [9.17, 15) is 14.4 Å². The standard InChI is InChI=1S/C12H18O3/c1-3-4-7-12(8-9(2)13)10(14)5-6-11(12)15/h3-8H2,1-2H3. The van der Waals surface area contributed by atoms with Gasteiger partial charge in [-0.2, -0.15) is 0 Å². The van der Waals surface area contributed by atoms with Crippen LogP contribution in [0.2, 0.25) is 0 Å². The Balaban J connectivity index is 2.88. The predicted octanol–water partition coefficient (Wildman–Crippen LogP) is 2.07. The Hall–Kier alpha value is -0.990. The highest BCUT2D eigenvalue weighted by atomic mass is 16.2. The summed E-state index contributed by atoms with van der Waals surface area (Å²) in [5, 5.41) is 0. The first kappa shape index (κ1) is 12.1. The van der Waals surface area contributed by atoms with E-state index in [1.807, 2.05) is 6.92 Å². The number of ketones is 3. The summed E-state index contributed by atoms with van der Waals surface area (Å²) in [6.45, 7) is 3.47. The SMILES string of the molecule is CCCCC1(CC(C)=O)C(=O)CCC1=O. The first-order valence-corrected chi connectivity index (χ1v) is 5.59. The molecule has 1 rings (SSSR count). The molecular formula is C12H18O3. The molecular weight excluding hydrogens is 192 g/mol. The van der Waals surface area contributed by atoms with Crippen molar-refractivity contribution in [2.75, 3.05) is 0 Å². The second-order valence-electron chi connectivity index (χ2n) is 4.41. The lowest BCUT2D eigenvalue weighted by molar-refractivity contribution is -0.139. The third kappa shape index (κ3) is 2.33.